The molecule has 0 aliphatic heterocycles. The quantitative estimate of drug-likeness (QED) is 0.177. The summed E-state index contributed by atoms with van der Waals surface area (Å²) in [6.07, 6.45) is 17.0. The van der Waals surface area contributed by atoms with E-state index in [1.165, 1.54) is 33.6 Å². The number of anilines is 2. The van der Waals surface area contributed by atoms with Crippen LogP contribution in [0.5, 0.6) is 0 Å². The Labute approximate surface area is 248 Å². The van der Waals surface area contributed by atoms with E-state index in [1.54, 1.807) is 0 Å². The molecule has 0 aliphatic rings. The van der Waals surface area contributed by atoms with Crippen LogP contribution in [0, 0.1) is 0 Å². The van der Waals surface area contributed by atoms with Gasteiger partial charge in [-0.25, -0.2) is 9.13 Å². The number of benzene rings is 2. The van der Waals surface area contributed by atoms with E-state index in [2.05, 4.69) is 169 Å². The Morgan fingerprint density at radius 3 is 1.11 bits per heavy atom. The van der Waals surface area contributed by atoms with E-state index in [0.29, 0.717) is 0 Å². The molecule has 0 saturated carbocycles. The summed E-state index contributed by atoms with van der Waals surface area (Å²) in [6.45, 7) is 1.74. The minimum atomic E-state index is 0. The summed E-state index contributed by atoms with van der Waals surface area (Å²) in [7, 11) is 8.24. The van der Waals surface area contributed by atoms with Gasteiger partial charge in [-0.2, -0.15) is 0 Å². The van der Waals surface area contributed by atoms with Crippen LogP contribution in [-0.2, 0) is 13.1 Å². The van der Waals surface area contributed by atoms with Crippen molar-refractivity contribution in [3.05, 3.63) is 132 Å². The third-order valence-corrected chi connectivity index (χ3v) is 6.16. The molecule has 0 spiro atoms. The maximum absolute atomic E-state index is 2.20. The Kier molecular flexibility index (Phi) is 12.4. The zero-order valence-electron chi connectivity index (χ0n) is 22.5. The van der Waals surface area contributed by atoms with Crippen LogP contribution in [0.2, 0.25) is 0 Å². The molecule has 0 saturated heterocycles. The van der Waals surface area contributed by atoms with Crippen LogP contribution in [0.4, 0.5) is 11.4 Å². The summed E-state index contributed by atoms with van der Waals surface area (Å²) < 4.78 is 4.40. The Balaban J connectivity index is 0.00000253. The molecule has 0 radical (unpaired) electrons. The fraction of sp³-hybridized carbons (Fsp3) is 0.188. The molecule has 2 aromatic carbocycles. The fourth-order valence-corrected chi connectivity index (χ4v) is 3.93. The summed E-state index contributed by atoms with van der Waals surface area (Å²) in [4.78, 5) is 4.22. The number of pyridine rings is 2. The van der Waals surface area contributed by atoms with E-state index in [4.69, 9.17) is 0 Å². The van der Waals surface area contributed by atoms with Crippen LogP contribution in [0.3, 0.4) is 0 Å². The normalized spacial score (nSPS) is 10.7. The summed E-state index contributed by atoms with van der Waals surface area (Å²) in [5.74, 6) is 0. The van der Waals surface area contributed by atoms with Crippen LogP contribution in [0.1, 0.15) is 22.3 Å². The molecule has 4 rings (SSSR count). The minimum Gasteiger partial charge on any atom is -1.00 e. The van der Waals surface area contributed by atoms with Crippen molar-refractivity contribution in [3.8, 4) is 0 Å². The molecule has 4 nitrogen and oxygen atoms in total. The number of allylic oxidation sites excluding steroid dienone is 2. The van der Waals surface area contributed by atoms with Crippen LogP contribution in [0.25, 0.3) is 12.2 Å². The lowest BCUT2D eigenvalue weighted by Gasteiger charge is -2.10. The Morgan fingerprint density at radius 2 is 0.816 bits per heavy atom. The van der Waals surface area contributed by atoms with E-state index >= 15 is 0 Å². The Hall–Kier alpha value is -3.22. The van der Waals surface area contributed by atoms with E-state index < -0.39 is 0 Å². The molecule has 0 unspecified atom stereocenters. The van der Waals surface area contributed by atoms with E-state index in [1.807, 2.05) is 0 Å². The lowest BCUT2D eigenvalue weighted by molar-refractivity contribution is -0.688. The third kappa shape index (κ3) is 9.26. The van der Waals surface area contributed by atoms with Crippen LogP contribution < -0.4 is 52.9 Å². The molecule has 0 atom stereocenters. The summed E-state index contributed by atoms with van der Waals surface area (Å²) in [5.41, 5.74) is 7.39. The molecule has 6 heteroatoms. The van der Waals surface area contributed by atoms with Gasteiger partial charge in [-0.15, -0.1) is 0 Å². The van der Waals surface area contributed by atoms with Crippen molar-refractivity contribution >= 4 is 23.5 Å². The number of aromatic nitrogens is 2. The van der Waals surface area contributed by atoms with Gasteiger partial charge in [-0.05, 0) is 11.1 Å². The minimum absolute atomic E-state index is 0. The second kappa shape index (κ2) is 15.3. The molecule has 198 valence electrons. The average molecular weight is 636 g/mol. The van der Waals surface area contributed by atoms with E-state index in [9.17, 15) is 0 Å². The van der Waals surface area contributed by atoms with Crippen LogP contribution in [-0.4, -0.2) is 28.2 Å². The van der Waals surface area contributed by atoms with Gasteiger partial charge in [0.05, 0.1) is 0 Å². The predicted molar refractivity (Wildman–Crippen MR) is 151 cm³/mol. The number of hydrogen-bond acceptors (Lipinski definition) is 2. The smallest absolute Gasteiger partial charge is 0.173 e. The van der Waals surface area contributed by atoms with Gasteiger partial charge < -0.3 is 43.8 Å². The highest BCUT2D eigenvalue weighted by molar-refractivity contribution is 5.57. The van der Waals surface area contributed by atoms with Gasteiger partial charge in [0, 0.05) is 75.0 Å². The molecule has 4 aromatic rings. The Bertz CT molecular complexity index is 1190. The van der Waals surface area contributed by atoms with Crippen molar-refractivity contribution in [2.75, 3.05) is 38.0 Å². The van der Waals surface area contributed by atoms with Gasteiger partial charge in [0.1, 0.15) is 0 Å². The first kappa shape index (κ1) is 31.0. The van der Waals surface area contributed by atoms with Gasteiger partial charge in [0.15, 0.2) is 37.9 Å². The predicted octanol–water partition coefficient (Wildman–Crippen LogP) is -0.775. The first-order valence-corrected chi connectivity index (χ1v) is 12.3. The number of hydrogen-bond donors (Lipinski definition) is 0. The molecular formula is C32H36Br2N4. The molecule has 0 amide bonds. The zero-order valence-corrected chi connectivity index (χ0v) is 25.7. The largest absolute Gasteiger partial charge is 1.00 e. The first-order valence-electron chi connectivity index (χ1n) is 12.3. The Morgan fingerprint density at radius 1 is 0.500 bits per heavy atom. The zero-order chi connectivity index (χ0) is 25.3. The first-order chi connectivity index (χ1) is 17.5. The second-order valence-electron chi connectivity index (χ2n) is 9.45. The summed E-state index contributed by atoms with van der Waals surface area (Å²) in [5, 5.41) is 0. The highest BCUT2D eigenvalue weighted by Gasteiger charge is 2.05. The molecule has 0 aliphatic carbocycles. The summed E-state index contributed by atoms with van der Waals surface area (Å²) in [6, 6.07) is 26.0. The number of rotatable bonds is 9. The molecule has 2 aromatic heterocycles. The fourth-order valence-electron chi connectivity index (χ4n) is 3.93. The van der Waals surface area contributed by atoms with E-state index in [-0.39, 0.29) is 34.0 Å². The maximum Gasteiger partial charge on any atom is 0.173 e. The van der Waals surface area contributed by atoms with E-state index in [0.717, 1.165) is 13.1 Å². The number of halogens is 2. The SMILES string of the molecule is CN(C)c1cc[n+](Cc2ccc(/C=C\C=C/c3ccc(C[n+]4ccc(N(C)C)cc4)cc3)cc2)cc1.[Br-].[Br-]. The van der Waals surface area contributed by atoms with Crippen molar-refractivity contribution in [2.45, 2.75) is 13.1 Å². The third-order valence-electron chi connectivity index (χ3n) is 6.16. The lowest BCUT2D eigenvalue weighted by Crippen LogP contribution is -3.00. The molecule has 0 bridgehead atoms. The topological polar surface area (TPSA) is 14.2 Å². The van der Waals surface area contributed by atoms with Crippen molar-refractivity contribution in [1.29, 1.82) is 0 Å². The van der Waals surface area contributed by atoms with Gasteiger partial charge in [-0.1, -0.05) is 72.8 Å². The summed E-state index contributed by atoms with van der Waals surface area (Å²) >= 11 is 0. The monoisotopic (exact) mass is 634 g/mol. The van der Waals surface area contributed by atoms with Gasteiger partial charge in [0.2, 0.25) is 0 Å². The highest BCUT2D eigenvalue weighted by atomic mass is 79.9. The average Bonchev–Trinajstić information content (AvgIpc) is 2.89. The molecule has 2 heterocycles. The molecular weight excluding hydrogens is 600 g/mol. The number of nitrogens with zero attached hydrogens (tertiary/aromatic N) is 4. The lowest BCUT2D eigenvalue weighted by atomic mass is 10.1. The van der Waals surface area contributed by atoms with Crippen molar-refractivity contribution < 1.29 is 43.1 Å². The van der Waals surface area contributed by atoms with Gasteiger partial charge >= 0.3 is 0 Å². The molecule has 0 fully saturated rings. The van der Waals surface area contributed by atoms with Gasteiger partial charge in [-0.3, -0.25) is 0 Å². The van der Waals surface area contributed by atoms with Crippen molar-refractivity contribution in [1.82, 2.24) is 0 Å². The highest BCUT2D eigenvalue weighted by Crippen LogP contribution is 2.11. The molecule has 0 N–H and O–H groups in total. The van der Waals surface area contributed by atoms with Gasteiger partial charge in [0.25, 0.3) is 0 Å². The van der Waals surface area contributed by atoms with Crippen LogP contribution >= 0.6 is 0 Å². The van der Waals surface area contributed by atoms with Crippen molar-refractivity contribution in [3.63, 3.8) is 0 Å². The van der Waals surface area contributed by atoms with Crippen molar-refractivity contribution in [2.24, 2.45) is 0 Å². The molecule has 38 heavy (non-hydrogen) atoms. The van der Waals surface area contributed by atoms with Crippen LogP contribution in [0.15, 0.2) is 110 Å². The standard InChI is InChI=1S/C32H36N4.2BrH/c1-33(2)31-17-21-35(22-18-31)25-29-13-9-27(10-14-29)7-5-6-8-28-11-15-30(16-12-28)26-36-23-19-32(20-24-36)34(3)4;;/h5-24H,25-26H2,1-4H3;2*1H/q+2;;/p-2/b7-5-,8-6-;;. The maximum atomic E-state index is 2.20. The second-order valence-corrected chi connectivity index (χ2v) is 9.45.